The van der Waals surface area contributed by atoms with Crippen molar-refractivity contribution in [1.82, 2.24) is 10.6 Å². The van der Waals surface area contributed by atoms with Crippen LogP contribution in [-0.2, 0) is 9.59 Å². The van der Waals surface area contributed by atoms with Crippen LogP contribution in [0.15, 0.2) is 12.1 Å². The van der Waals surface area contributed by atoms with Crippen LogP contribution in [0.2, 0.25) is 0 Å². The molecule has 0 spiro atoms. The van der Waals surface area contributed by atoms with Gasteiger partial charge in [0.25, 0.3) is 0 Å². The third-order valence-electron chi connectivity index (χ3n) is 2.91. The summed E-state index contributed by atoms with van der Waals surface area (Å²) in [6.45, 7) is 6.12. The third kappa shape index (κ3) is 6.08. The molecule has 116 valence electrons. The summed E-state index contributed by atoms with van der Waals surface area (Å²) in [7, 11) is 0. The summed E-state index contributed by atoms with van der Waals surface area (Å²) >= 11 is 1.43. The van der Waals surface area contributed by atoms with Crippen molar-refractivity contribution in [3.05, 3.63) is 21.9 Å². The first-order valence-electron chi connectivity index (χ1n) is 7.10. The van der Waals surface area contributed by atoms with Crippen LogP contribution in [0, 0.1) is 6.92 Å². The lowest BCUT2D eigenvalue weighted by molar-refractivity contribution is -0.128. The minimum atomic E-state index is -0.580. The predicted molar refractivity (Wildman–Crippen MR) is 83.5 cm³/mol. The van der Waals surface area contributed by atoms with Crippen LogP contribution >= 0.6 is 11.3 Å². The fourth-order valence-corrected chi connectivity index (χ4v) is 2.55. The molecule has 5 nitrogen and oxygen atoms in total. The number of carbonyl (C=O) groups excluding carboxylic acids is 3. The summed E-state index contributed by atoms with van der Waals surface area (Å²) in [6, 6.07) is 3.09. The van der Waals surface area contributed by atoms with E-state index < -0.39 is 6.04 Å². The van der Waals surface area contributed by atoms with Gasteiger partial charge in [-0.25, -0.2) is 0 Å². The van der Waals surface area contributed by atoms with Gasteiger partial charge in [-0.3, -0.25) is 14.4 Å². The number of carbonyl (C=O) groups is 3. The van der Waals surface area contributed by atoms with Crippen molar-refractivity contribution in [1.29, 1.82) is 0 Å². The van der Waals surface area contributed by atoms with Crippen molar-refractivity contribution in [3.63, 3.8) is 0 Å². The molecule has 0 aliphatic heterocycles. The molecule has 2 N–H and O–H groups in total. The molecule has 0 radical (unpaired) electrons. The van der Waals surface area contributed by atoms with Gasteiger partial charge in [-0.2, -0.15) is 0 Å². The van der Waals surface area contributed by atoms with E-state index in [0.717, 1.165) is 11.3 Å². The van der Waals surface area contributed by atoms with Gasteiger partial charge in [0, 0.05) is 24.3 Å². The van der Waals surface area contributed by atoms with Crippen molar-refractivity contribution >= 4 is 28.9 Å². The summed E-state index contributed by atoms with van der Waals surface area (Å²) in [4.78, 5) is 37.0. The molecular formula is C15H22N2O3S. The summed E-state index contributed by atoms with van der Waals surface area (Å²) in [5.74, 6) is -0.521. The standard InChI is InChI=1S/C15H22N2O3S/c1-4-9-16-15(20)11(3)17-14(19)8-6-12(18)13-7-5-10(2)21-13/h5,7,11H,4,6,8-9H2,1-3H3,(H,16,20)(H,17,19)/t11-/m0/s1. The van der Waals surface area contributed by atoms with Crippen molar-refractivity contribution in [2.75, 3.05) is 6.54 Å². The van der Waals surface area contributed by atoms with E-state index in [4.69, 9.17) is 0 Å². The maximum absolute atomic E-state index is 11.9. The van der Waals surface area contributed by atoms with Crippen molar-refractivity contribution in [3.8, 4) is 0 Å². The molecule has 1 atom stereocenters. The van der Waals surface area contributed by atoms with Gasteiger partial charge in [0.1, 0.15) is 6.04 Å². The molecule has 1 aromatic heterocycles. The second kappa shape index (κ2) is 8.56. The highest BCUT2D eigenvalue weighted by atomic mass is 32.1. The number of ketones is 1. The highest BCUT2D eigenvalue weighted by Crippen LogP contribution is 2.17. The lowest BCUT2D eigenvalue weighted by Crippen LogP contribution is -2.45. The number of hydrogen-bond donors (Lipinski definition) is 2. The average molecular weight is 310 g/mol. The highest BCUT2D eigenvalue weighted by molar-refractivity contribution is 7.14. The van der Waals surface area contributed by atoms with E-state index >= 15 is 0 Å². The van der Waals surface area contributed by atoms with Crippen LogP contribution < -0.4 is 10.6 Å². The smallest absolute Gasteiger partial charge is 0.242 e. The van der Waals surface area contributed by atoms with Gasteiger partial charge in [0.15, 0.2) is 5.78 Å². The van der Waals surface area contributed by atoms with Crippen LogP contribution in [0.4, 0.5) is 0 Å². The zero-order valence-electron chi connectivity index (χ0n) is 12.7. The molecule has 0 aromatic carbocycles. The minimum Gasteiger partial charge on any atom is -0.354 e. The number of rotatable bonds is 8. The first-order valence-corrected chi connectivity index (χ1v) is 7.92. The van der Waals surface area contributed by atoms with Crippen molar-refractivity contribution in [2.45, 2.75) is 46.1 Å². The molecule has 1 aromatic rings. The molecular weight excluding hydrogens is 288 g/mol. The molecule has 6 heteroatoms. The molecule has 0 fully saturated rings. The SMILES string of the molecule is CCCNC(=O)[C@H](C)NC(=O)CCC(=O)c1ccc(C)s1. The fourth-order valence-electron chi connectivity index (χ4n) is 1.72. The average Bonchev–Trinajstić information content (AvgIpc) is 2.88. The van der Waals surface area contributed by atoms with Crippen molar-refractivity contribution in [2.24, 2.45) is 0 Å². The van der Waals surface area contributed by atoms with E-state index in [1.165, 1.54) is 11.3 Å². The number of thiophene rings is 1. The van der Waals surface area contributed by atoms with Crippen LogP contribution in [0.25, 0.3) is 0 Å². The predicted octanol–water partition coefficient (Wildman–Crippen LogP) is 2.05. The molecule has 2 amide bonds. The number of amides is 2. The third-order valence-corrected chi connectivity index (χ3v) is 3.96. The Balaban J connectivity index is 2.33. The highest BCUT2D eigenvalue weighted by Gasteiger charge is 2.16. The molecule has 0 saturated heterocycles. The zero-order valence-corrected chi connectivity index (χ0v) is 13.5. The Morgan fingerprint density at radius 1 is 1.24 bits per heavy atom. The maximum atomic E-state index is 11.9. The molecule has 21 heavy (non-hydrogen) atoms. The van der Waals surface area contributed by atoms with E-state index in [2.05, 4.69) is 10.6 Å². The molecule has 0 unspecified atom stereocenters. The molecule has 1 rings (SSSR count). The number of Topliss-reactive ketones (excluding diaryl/α,β-unsaturated/α-hetero) is 1. The fraction of sp³-hybridized carbons (Fsp3) is 0.533. The molecule has 0 aliphatic carbocycles. The Kier molecular flexibility index (Phi) is 7.08. The van der Waals surface area contributed by atoms with Gasteiger partial charge in [-0.15, -0.1) is 11.3 Å². The monoisotopic (exact) mass is 310 g/mol. The topological polar surface area (TPSA) is 75.3 Å². The Hall–Kier alpha value is -1.69. The van der Waals surface area contributed by atoms with Gasteiger partial charge in [0.05, 0.1) is 4.88 Å². The number of nitrogens with one attached hydrogen (secondary N) is 2. The van der Waals surface area contributed by atoms with E-state index in [9.17, 15) is 14.4 Å². The molecule has 1 heterocycles. The molecule has 0 bridgehead atoms. The van der Waals surface area contributed by atoms with Crippen LogP contribution in [0.5, 0.6) is 0 Å². The van der Waals surface area contributed by atoms with Crippen LogP contribution in [-0.4, -0.2) is 30.2 Å². The van der Waals surface area contributed by atoms with E-state index in [1.807, 2.05) is 19.9 Å². The largest absolute Gasteiger partial charge is 0.354 e. The lowest BCUT2D eigenvalue weighted by atomic mass is 10.2. The van der Waals surface area contributed by atoms with Gasteiger partial charge < -0.3 is 10.6 Å². The van der Waals surface area contributed by atoms with Crippen LogP contribution in [0.3, 0.4) is 0 Å². The Labute approximate surface area is 129 Å². The second-order valence-electron chi connectivity index (χ2n) is 4.91. The van der Waals surface area contributed by atoms with E-state index in [0.29, 0.717) is 11.4 Å². The lowest BCUT2D eigenvalue weighted by Gasteiger charge is -2.13. The minimum absolute atomic E-state index is 0.0358. The summed E-state index contributed by atoms with van der Waals surface area (Å²) < 4.78 is 0. The zero-order chi connectivity index (χ0) is 15.8. The summed E-state index contributed by atoms with van der Waals surface area (Å²) in [5.41, 5.74) is 0. The van der Waals surface area contributed by atoms with Gasteiger partial charge in [0.2, 0.25) is 11.8 Å². The Morgan fingerprint density at radius 3 is 2.52 bits per heavy atom. The summed E-state index contributed by atoms with van der Waals surface area (Å²) in [5, 5.41) is 5.31. The Morgan fingerprint density at radius 2 is 1.95 bits per heavy atom. The number of hydrogen-bond acceptors (Lipinski definition) is 4. The Bertz CT molecular complexity index is 511. The van der Waals surface area contributed by atoms with Gasteiger partial charge >= 0.3 is 0 Å². The first kappa shape index (κ1) is 17.4. The molecule has 0 saturated carbocycles. The van der Waals surface area contributed by atoms with Crippen LogP contribution in [0.1, 0.15) is 47.7 Å². The molecule has 0 aliphatic rings. The second-order valence-corrected chi connectivity index (χ2v) is 6.20. The van der Waals surface area contributed by atoms with Gasteiger partial charge in [-0.1, -0.05) is 6.92 Å². The maximum Gasteiger partial charge on any atom is 0.242 e. The summed E-state index contributed by atoms with van der Waals surface area (Å²) in [6.07, 6.45) is 1.11. The quantitative estimate of drug-likeness (QED) is 0.722. The first-order chi connectivity index (χ1) is 9.93. The van der Waals surface area contributed by atoms with E-state index in [1.54, 1.807) is 13.0 Å². The van der Waals surface area contributed by atoms with Crippen molar-refractivity contribution < 1.29 is 14.4 Å². The van der Waals surface area contributed by atoms with E-state index in [-0.39, 0.29) is 30.4 Å². The normalized spacial score (nSPS) is 11.8. The van der Waals surface area contributed by atoms with Gasteiger partial charge in [-0.05, 0) is 32.4 Å². The number of aryl methyl sites for hydroxylation is 1.